The van der Waals surface area contributed by atoms with Gasteiger partial charge in [-0.2, -0.15) is 10.2 Å². The summed E-state index contributed by atoms with van der Waals surface area (Å²) in [4.78, 5) is 17.9. The lowest BCUT2D eigenvalue weighted by Gasteiger charge is -2.10. The Kier molecular flexibility index (Phi) is 4.60. The summed E-state index contributed by atoms with van der Waals surface area (Å²) in [5.74, 6) is -2.11. The summed E-state index contributed by atoms with van der Waals surface area (Å²) in [6.45, 7) is 5.57. The number of carbonyl (C=O) groups excluding carboxylic acids is 1. The molecule has 0 fully saturated rings. The van der Waals surface area contributed by atoms with Gasteiger partial charge in [0.05, 0.1) is 33.7 Å². The van der Waals surface area contributed by atoms with Crippen LogP contribution in [0.25, 0.3) is 22.3 Å². The number of benzene rings is 1. The van der Waals surface area contributed by atoms with Crippen LogP contribution < -0.4 is 5.32 Å². The van der Waals surface area contributed by atoms with Crippen molar-refractivity contribution in [3.63, 3.8) is 0 Å². The zero-order valence-corrected chi connectivity index (χ0v) is 17.2. The highest BCUT2D eigenvalue weighted by atomic mass is 19.1. The van der Waals surface area contributed by atoms with Crippen molar-refractivity contribution in [2.45, 2.75) is 20.8 Å². The normalized spacial score (nSPS) is 11.3. The molecule has 0 bridgehead atoms. The monoisotopic (exact) mass is 410 g/mol. The Morgan fingerprint density at radius 3 is 2.33 bits per heavy atom. The van der Waals surface area contributed by atoms with Crippen LogP contribution in [0.4, 0.5) is 14.5 Å². The van der Waals surface area contributed by atoms with E-state index in [2.05, 4.69) is 15.5 Å². The first-order valence-electron chi connectivity index (χ1n) is 9.28. The molecular formula is C21H20F2N6O. The summed E-state index contributed by atoms with van der Waals surface area (Å²) < 4.78 is 30.6. The van der Waals surface area contributed by atoms with Crippen molar-refractivity contribution in [1.29, 1.82) is 0 Å². The van der Waals surface area contributed by atoms with E-state index in [1.54, 1.807) is 29.4 Å². The Morgan fingerprint density at radius 1 is 1.00 bits per heavy atom. The van der Waals surface area contributed by atoms with Gasteiger partial charge in [-0.1, -0.05) is 0 Å². The van der Waals surface area contributed by atoms with E-state index < -0.39 is 17.5 Å². The summed E-state index contributed by atoms with van der Waals surface area (Å²) in [6.07, 6.45) is 0. The Morgan fingerprint density at radius 2 is 1.70 bits per heavy atom. The van der Waals surface area contributed by atoms with Crippen molar-refractivity contribution in [1.82, 2.24) is 24.5 Å². The van der Waals surface area contributed by atoms with Crippen LogP contribution in [0.1, 0.15) is 27.4 Å². The molecule has 30 heavy (non-hydrogen) atoms. The average Bonchev–Trinajstić information content (AvgIpc) is 3.11. The van der Waals surface area contributed by atoms with Crippen molar-refractivity contribution in [3.8, 4) is 11.3 Å². The van der Waals surface area contributed by atoms with Gasteiger partial charge in [-0.15, -0.1) is 0 Å². The second kappa shape index (κ2) is 7.01. The molecule has 0 aliphatic carbocycles. The van der Waals surface area contributed by atoms with Crippen molar-refractivity contribution in [3.05, 3.63) is 58.5 Å². The number of aromatic nitrogens is 5. The molecule has 0 saturated carbocycles. The third-order valence-electron chi connectivity index (χ3n) is 5.16. The maximum atomic E-state index is 14.1. The molecule has 1 N–H and O–H groups in total. The highest BCUT2D eigenvalue weighted by Gasteiger charge is 2.22. The van der Waals surface area contributed by atoms with Gasteiger partial charge >= 0.3 is 0 Å². The van der Waals surface area contributed by atoms with Gasteiger partial charge in [0, 0.05) is 31.4 Å². The topological polar surface area (TPSA) is 77.6 Å². The van der Waals surface area contributed by atoms with Gasteiger partial charge in [-0.05, 0) is 39.0 Å². The molecule has 1 amide bonds. The standard InChI is InChI=1S/C21H20F2N6O/c1-10-18(12(3)28(4)26-10)17-9-14(19-11(2)27-29(5)20(19)24-17)21(30)25-16-7-6-13(22)8-15(16)23/h6-9H,1-5H3,(H,25,30). The van der Waals surface area contributed by atoms with Crippen LogP contribution in [0, 0.1) is 32.4 Å². The van der Waals surface area contributed by atoms with Gasteiger partial charge in [-0.25, -0.2) is 13.8 Å². The first-order valence-corrected chi connectivity index (χ1v) is 9.28. The van der Waals surface area contributed by atoms with Gasteiger partial charge in [-0.3, -0.25) is 14.2 Å². The van der Waals surface area contributed by atoms with Crippen LogP contribution in [0.2, 0.25) is 0 Å². The van der Waals surface area contributed by atoms with Crippen molar-refractivity contribution in [2.75, 3.05) is 5.32 Å². The van der Waals surface area contributed by atoms with E-state index in [0.29, 0.717) is 28.0 Å². The van der Waals surface area contributed by atoms with E-state index in [-0.39, 0.29) is 5.69 Å². The third-order valence-corrected chi connectivity index (χ3v) is 5.16. The Hall–Kier alpha value is -3.62. The number of amides is 1. The van der Waals surface area contributed by atoms with Crippen LogP contribution in [-0.4, -0.2) is 30.5 Å². The predicted molar refractivity (Wildman–Crippen MR) is 109 cm³/mol. The Bertz CT molecular complexity index is 1320. The lowest BCUT2D eigenvalue weighted by Crippen LogP contribution is -2.14. The van der Waals surface area contributed by atoms with E-state index in [4.69, 9.17) is 4.98 Å². The van der Waals surface area contributed by atoms with E-state index in [1.807, 2.05) is 20.9 Å². The smallest absolute Gasteiger partial charge is 0.256 e. The number of nitrogens with zero attached hydrogens (tertiary/aromatic N) is 5. The van der Waals surface area contributed by atoms with E-state index >= 15 is 0 Å². The molecule has 9 heteroatoms. The molecule has 4 rings (SSSR count). The van der Waals surface area contributed by atoms with Gasteiger partial charge in [0.2, 0.25) is 0 Å². The maximum absolute atomic E-state index is 14.1. The minimum Gasteiger partial charge on any atom is -0.319 e. The van der Waals surface area contributed by atoms with Crippen LogP contribution >= 0.6 is 0 Å². The first-order chi connectivity index (χ1) is 14.2. The van der Waals surface area contributed by atoms with E-state index in [1.165, 1.54) is 6.07 Å². The fourth-order valence-corrected chi connectivity index (χ4v) is 3.68. The second-order valence-corrected chi connectivity index (χ2v) is 7.21. The van der Waals surface area contributed by atoms with Crippen LogP contribution in [0.15, 0.2) is 24.3 Å². The molecule has 4 aromatic rings. The number of carbonyl (C=O) groups is 1. The lowest BCUT2D eigenvalue weighted by molar-refractivity contribution is 0.102. The Balaban J connectivity index is 1.90. The highest BCUT2D eigenvalue weighted by molar-refractivity contribution is 6.13. The predicted octanol–water partition coefficient (Wildman–Crippen LogP) is 3.82. The molecule has 0 aliphatic rings. The van der Waals surface area contributed by atoms with Gasteiger partial charge in [0.1, 0.15) is 11.6 Å². The van der Waals surface area contributed by atoms with Crippen molar-refractivity contribution >= 4 is 22.6 Å². The highest BCUT2D eigenvalue weighted by Crippen LogP contribution is 2.31. The molecule has 0 unspecified atom stereocenters. The zero-order valence-electron chi connectivity index (χ0n) is 17.2. The van der Waals surface area contributed by atoms with E-state index in [9.17, 15) is 13.6 Å². The Labute approximate surface area is 171 Å². The van der Waals surface area contributed by atoms with Crippen molar-refractivity contribution in [2.24, 2.45) is 14.1 Å². The van der Waals surface area contributed by atoms with Crippen LogP contribution in [0.5, 0.6) is 0 Å². The fourth-order valence-electron chi connectivity index (χ4n) is 3.68. The molecule has 7 nitrogen and oxygen atoms in total. The number of fused-ring (bicyclic) bond motifs is 1. The molecule has 154 valence electrons. The maximum Gasteiger partial charge on any atom is 0.256 e. The molecular weight excluding hydrogens is 390 g/mol. The zero-order chi connectivity index (χ0) is 21.7. The molecule has 0 atom stereocenters. The number of anilines is 1. The van der Waals surface area contributed by atoms with Gasteiger partial charge < -0.3 is 5.32 Å². The average molecular weight is 410 g/mol. The quantitative estimate of drug-likeness (QED) is 0.557. The molecule has 3 aromatic heterocycles. The van der Waals surface area contributed by atoms with Crippen LogP contribution in [-0.2, 0) is 14.1 Å². The minimum absolute atomic E-state index is 0.108. The summed E-state index contributed by atoms with van der Waals surface area (Å²) in [5.41, 5.74) is 4.40. The largest absolute Gasteiger partial charge is 0.319 e. The molecule has 0 spiro atoms. The molecule has 3 heterocycles. The summed E-state index contributed by atoms with van der Waals surface area (Å²) in [7, 11) is 3.58. The number of pyridine rings is 1. The summed E-state index contributed by atoms with van der Waals surface area (Å²) in [5, 5.41) is 11.9. The summed E-state index contributed by atoms with van der Waals surface area (Å²) in [6, 6.07) is 4.66. The first kappa shape index (κ1) is 19.7. The molecule has 0 aliphatic heterocycles. The van der Waals surface area contributed by atoms with Gasteiger partial charge in [0.15, 0.2) is 5.65 Å². The van der Waals surface area contributed by atoms with E-state index in [0.717, 1.165) is 29.1 Å². The second-order valence-electron chi connectivity index (χ2n) is 7.21. The number of aryl methyl sites for hydroxylation is 4. The molecule has 0 radical (unpaired) electrons. The number of hydrogen-bond donors (Lipinski definition) is 1. The number of nitrogens with one attached hydrogen (secondary N) is 1. The third kappa shape index (κ3) is 3.12. The number of halogens is 2. The number of rotatable bonds is 3. The number of hydrogen-bond acceptors (Lipinski definition) is 4. The SMILES string of the molecule is Cc1nn(C)c(C)c1-c1cc(C(=O)Nc2ccc(F)cc2F)c2c(C)nn(C)c2n1. The van der Waals surface area contributed by atoms with Crippen LogP contribution in [0.3, 0.4) is 0 Å². The molecule has 1 aromatic carbocycles. The van der Waals surface area contributed by atoms with Gasteiger partial charge in [0.25, 0.3) is 5.91 Å². The van der Waals surface area contributed by atoms with Crippen molar-refractivity contribution < 1.29 is 13.6 Å². The summed E-state index contributed by atoms with van der Waals surface area (Å²) >= 11 is 0. The minimum atomic E-state index is -0.851. The fraction of sp³-hybridized carbons (Fsp3) is 0.238. The lowest BCUT2D eigenvalue weighted by atomic mass is 10.0. The molecule has 0 saturated heterocycles.